The first-order valence-corrected chi connectivity index (χ1v) is 10.2. The van der Waals surface area contributed by atoms with Crippen molar-refractivity contribution in [1.82, 2.24) is 0 Å². The number of halogens is 2. The fraction of sp³-hybridized carbons (Fsp3) is 0.667. The predicted octanol–water partition coefficient (Wildman–Crippen LogP) is 1.64. The summed E-state index contributed by atoms with van der Waals surface area (Å²) in [6, 6.07) is 2.65. The van der Waals surface area contributed by atoms with Gasteiger partial charge in [0.05, 0.1) is 38.2 Å². The van der Waals surface area contributed by atoms with Crippen LogP contribution in [0.2, 0.25) is 0 Å². The maximum absolute atomic E-state index is 12.1. The van der Waals surface area contributed by atoms with E-state index in [1.165, 1.54) is 12.1 Å². The summed E-state index contributed by atoms with van der Waals surface area (Å²) in [6.45, 7) is 2.02. The Bertz CT molecular complexity index is 618. The summed E-state index contributed by atoms with van der Waals surface area (Å²) >= 11 is 11.6. The molecule has 2 saturated heterocycles. The summed E-state index contributed by atoms with van der Waals surface area (Å²) in [6.07, 6.45) is -0.753. The van der Waals surface area contributed by atoms with E-state index < -0.39 is 24.1 Å². The zero-order chi connectivity index (χ0) is 20.6. The smallest absolute Gasteiger partial charge is 0.374 e. The van der Waals surface area contributed by atoms with E-state index in [-0.39, 0.29) is 48.7 Å². The van der Waals surface area contributed by atoms with Crippen LogP contribution < -0.4 is 0 Å². The zero-order valence-corrected chi connectivity index (χ0v) is 17.1. The first-order chi connectivity index (χ1) is 14.1. The van der Waals surface area contributed by atoms with Gasteiger partial charge in [0.25, 0.3) is 0 Å². The lowest BCUT2D eigenvalue weighted by atomic mass is 10.4. The van der Waals surface area contributed by atoms with Crippen molar-refractivity contribution in [2.24, 2.45) is 0 Å². The van der Waals surface area contributed by atoms with Gasteiger partial charge in [0.15, 0.2) is 0 Å². The van der Waals surface area contributed by atoms with Gasteiger partial charge in [-0.3, -0.25) is 0 Å². The average molecular weight is 453 g/mol. The van der Waals surface area contributed by atoms with Crippen LogP contribution >= 0.6 is 23.2 Å². The summed E-state index contributed by atoms with van der Waals surface area (Å²) < 4.78 is 36.5. The lowest BCUT2D eigenvalue weighted by molar-refractivity contribution is -0.00664. The zero-order valence-electron chi connectivity index (χ0n) is 15.6. The van der Waals surface area contributed by atoms with Crippen molar-refractivity contribution in [1.29, 1.82) is 0 Å². The number of ether oxygens (including phenoxy) is 6. The van der Waals surface area contributed by atoms with Crippen LogP contribution in [0.4, 0.5) is 0 Å². The van der Waals surface area contributed by atoms with Gasteiger partial charge >= 0.3 is 11.9 Å². The maximum atomic E-state index is 12.1. The molecule has 2 fully saturated rings. The minimum Gasteiger partial charge on any atom is -0.457 e. The molecule has 29 heavy (non-hydrogen) atoms. The fourth-order valence-corrected chi connectivity index (χ4v) is 2.48. The molecule has 0 spiro atoms. The highest BCUT2D eigenvalue weighted by Gasteiger charge is 2.26. The van der Waals surface area contributed by atoms with Gasteiger partial charge in [0, 0.05) is 0 Å². The molecular formula is C18H22Cl2O9. The molecule has 0 saturated carbocycles. The molecule has 0 aromatic carbocycles. The van der Waals surface area contributed by atoms with Gasteiger partial charge in [-0.25, -0.2) is 9.59 Å². The van der Waals surface area contributed by atoms with Crippen molar-refractivity contribution in [3.05, 3.63) is 23.7 Å². The number of hydrogen-bond donors (Lipinski definition) is 0. The Kier molecular flexibility index (Phi) is 8.58. The van der Waals surface area contributed by atoms with Crippen LogP contribution in [-0.2, 0) is 28.4 Å². The van der Waals surface area contributed by atoms with Crippen LogP contribution in [0.5, 0.6) is 0 Å². The highest BCUT2D eigenvalue weighted by molar-refractivity contribution is 6.18. The molecule has 1 aromatic rings. The number of rotatable bonds is 14. The van der Waals surface area contributed by atoms with Crippen LogP contribution in [0.25, 0.3) is 0 Å². The van der Waals surface area contributed by atoms with Gasteiger partial charge in [-0.15, -0.1) is 23.2 Å². The molecule has 3 rings (SSSR count). The molecular weight excluding hydrogens is 431 g/mol. The maximum Gasteiger partial charge on any atom is 0.374 e. The largest absolute Gasteiger partial charge is 0.457 e. The molecule has 2 aliphatic heterocycles. The van der Waals surface area contributed by atoms with E-state index in [1.807, 2.05) is 0 Å². The van der Waals surface area contributed by atoms with Gasteiger partial charge in [-0.2, -0.15) is 0 Å². The minimum atomic E-state index is -0.739. The van der Waals surface area contributed by atoms with E-state index >= 15 is 0 Å². The van der Waals surface area contributed by atoms with Crippen molar-refractivity contribution in [3.8, 4) is 0 Å². The van der Waals surface area contributed by atoms with Crippen molar-refractivity contribution >= 4 is 35.1 Å². The van der Waals surface area contributed by atoms with Gasteiger partial charge < -0.3 is 32.8 Å². The topological polar surface area (TPSA) is 109 Å². The standard InChI is InChI=1S/C18H22Cl2O9/c19-3-11(23-7-13-9-25-13)5-27-17(21)15-1-2-16(29-15)18(22)28-6-12(4-20)24-8-14-10-26-14/h1-2,11-14H,3-10H2. The summed E-state index contributed by atoms with van der Waals surface area (Å²) in [7, 11) is 0. The Morgan fingerprint density at radius 2 is 1.31 bits per heavy atom. The van der Waals surface area contributed by atoms with Gasteiger partial charge in [0.1, 0.15) is 37.6 Å². The number of hydrogen-bond acceptors (Lipinski definition) is 9. The summed E-state index contributed by atoms with van der Waals surface area (Å²) in [4.78, 5) is 24.2. The van der Waals surface area contributed by atoms with Crippen molar-refractivity contribution in [3.63, 3.8) is 0 Å². The fourth-order valence-electron chi connectivity index (χ4n) is 2.13. The SMILES string of the molecule is O=C(OCC(CCl)OCC1CO1)c1ccc(C(=O)OCC(CCl)OCC2CO2)o1. The van der Waals surface area contributed by atoms with Crippen LogP contribution in [0, 0.1) is 0 Å². The van der Waals surface area contributed by atoms with Crippen LogP contribution in [-0.4, -0.2) is 87.8 Å². The average Bonchev–Trinajstić information content (AvgIpc) is 3.67. The summed E-state index contributed by atoms with van der Waals surface area (Å²) in [5.74, 6) is -1.42. The van der Waals surface area contributed by atoms with E-state index in [0.29, 0.717) is 26.4 Å². The lowest BCUT2D eigenvalue weighted by Gasteiger charge is -2.14. The minimum absolute atomic E-state index is 0.0466. The van der Waals surface area contributed by atoms with E-state index in [2.05, 4.69) is 0 Å². The first kappa shape index (κ1) is 22.3. The molecule has 0 bridgehead atoms. The Balaban J connectivity index is 1.39. The third-order valence-corrected chi connectivity index (χ3v) is 4.68. The summed E-state index contributed by atoms with van der Waals surface area (Å²) in [5, 5.41) is 0. The highest BCUT2D eigenvalue weighted by atomic mass is 35.5. The molecule has 0 amide bonds. The Morgan fingerprint density at radius 3 is 1.66 bits per heavy atom. The van der Waals surface area contributed by atoms with Crippen LogP contribution in [0.3, 0.4) is 0 Å². The lowest BCUT2D eigenvalue weighted by Crippen LogP contribution is -2.25. The number of alkyl halides is 2. The molecule has 11 heteroatoms. The third-order valence-electron chi connectivity index (χ3n) is 3.99. The van der Waals surface area contributed by atoms with E-state index in [4.69, 9.17) is 56.0 Å². The van der Waals surface area contributed by atoms with Crippen LogP contribution in [0.15, 0.2) is 16.5 Å². The Morgan fingerprint density at radius 1 is 0.897 bits per heavy atom. The second kappa shape index (κ2) is 11.1. The van der Waals surface area contributed by atoms with Crippen molar-refractivity contribution < 1.29 is 42.4 Å². The molecule has 0 aliphatic carbocycles. The molecule has 4 unspecified atom stereocenters. The highest BCUT2D eigenvalue weighted by Crippen LogP contribution is 2.14. The molecule has 3 heterocycles. The van der Waals surface area contributed by atoms with Crippen molar-refractivity contribution in [2.45, 2.75) is 24.4 Å². The molecule has 0 N–H and O–H groups in total. The van der Waals surface area contributed by atoms with Crippen molar-refractivity contribution in [2.75, 3.05) is 51.4 Å². The quantitative estimate of drug-likeness (QED) is 0.236. The molecule has 0 radical (unpaired) electrons. The van der Waals surface area contributed by atoms with Gasteiger partial charge in [0.2, 0.25) is 11.5 Å². The van der Waals surface area contributed by atoms with Crippen LogP contribution in [0.1, 0.15) is 21.1 Å². The number of carbonyl (C=O) groups excluding carboxylic acids is 2. The Hall–Kier alpha value is -1.36. The third kappa shape index (κ3) is 7.76. The predicted molar refractivity (Wildman–Crippen MR) is 99.7 cm³/mol. The first-order valence-electron chi connectivity index (χ1n) is 9.11. The van der Waals surface area contributed by atoms with E-state index in [9.17, 15) is 9.59 Å². The number of furan rings is 1. The summed E-state index contributed by atoms with van der Waals surface area (Å²) in [5.41, 5.74) is 0. The number of epoxide rings is 2. The molecule has 162 valence electrons. The monoisotopic (exact) mass is 452 g/mol. The second-order valence-electron chi connectivity index (χ2n) is 6.49. The molecule has 9 nitrogen and oxygen atoms in total. The van der Waals surface area contributed by atoms with E-state index in [1.54, 1.807) is 0 Å². The van der Waals surface area contributed by atoms with Gasteiger partial charge in [-0.1, -0.05) is 0 Å². The van der Waals surface area contributed by atoms with E-state index in [0.717, 1.165) is 0 Å². The second-order valence-corrected chi connectivity index (χ2v) is 7.11. The molecule has 2 aliphatic rings. The Labute approximate surface area is 177 Å². The normalized spacial score (nSPS) is 22.0. The molecule has 4 atom stereocenters. The number of carbonyl (C=O) groups is 2. The molecule has 1 aromatic heterocycles. The van der Waals surface area contributed by atoms with Gasteiger partial charge in [-0.05, 0) is 12.1 Å². The number of esters is 2.